The molecule has 0 amide bonds. The highest BCUT2D eigenvalue weighted by atomic mass is 16.5. The van der Waals surface area contributed by atoms with Crippen LogP contribution >= 0.6 is 0 Å². The zero-order valence-electron chi connectivity index (χ0n) is 31.2. The van der Waals surface area contributed by atoms with Gasteiger partial charge in [0.05, 0.1) is 42.3 Å². The molecule has 0 fully saturated rings. The van der Waals surface area contributed by atoms with Crippen molar-refractivity contribution >= 4 is 67.3 Å². The van der Waals surface area contributed by atoms with Gasteiger partial charge in [0.1, 0.15) is 28.6 Å². The molecule has 53 heavy (non-hydrogen) atoms. The fourth-order valence-corrected chi connectivity index (χ4v) is 6.47. The number of ether oxygens (including phenoxy) is 2. The third-order valence-electron chi connectivity index (χ3n) is 9.40. The van der Waals surface area contributed by atoms with Crippen LogP contribution < -0.4 is 30.7 Å². The molecule has 4 aromatic carbocycles. The molecule has 0 saturated carbocycles. The zero-order chi connectivity index (χ0) is 37.5. The number of methoxy groups -OCH3 is 2. The molecule has 4 N–H and O–H groups in total. The third kappa shape index (κ3) is 7.81. The lowest BCUT2D eigenvalue weighted by Crippen LogP contribution is -2.22. The number of azo groups is 2. The van der Waals surface area contributed by atoms with Crippen molar-refractivity contribution in [3.8, 4) is 11.5 Å². The van der Waals surface area contributed by atoms with Crippen molar-refractivity contribution in [1.82, 2.24) is 9.97 Å². The van der Waals surface area contributed by atoms with Crippen molar-refractivity contribution in [2.75, 3.05) is 61.7 Å². The maximum absolute atomic E-state index is 6.80. The van der Waals surface area contributed by atoms with Crippen LogP contribution in [0.1, 0.15) is 38.8 Å². The lowest BCUT2D eigenvalue weighted by atomic mass is 9.99. The SMILES string of the molecule is CCN(CC)c1cc(N)c(Cc2cc(N=Nc3cc(OC)cc4cccnc34)c(N(CC)CC)cc2N)cc1N=Nc1cc(OC)cc2ncccc12. The predicted molar refractivity (Wildman–Crippen MR) is 217 cm³/mol. The summed E-state index contributed by atoms with van der Waals surface area (Å²) < 4.78 is 11.1. The monoisotopic (exact) mass is 710 g/mol. The van der Waals surface area contributed by atoms with Gasteiger partial charge in [0.15, 0.2) is 0 Å². The first kappa shape index (κ1) is 36.5. The highest BCUT2D eigenvalue weighted by molar-refractivity contribution is 5.92. The van der Waals surface area contributed by atoms with E-state index >= 15 is 0 Å². The molecule has 0 radical (unpaired) electrons. The number of rotatable bonds is 14. The second-order valence-electron chi connectivity index (χ2n) is 12.4. The van der Waals surface area contributed by atoms with Crippen molar-refractivity contribution in [2.24, 2.45) is 20.5 Å². The van der Waals surface area contributed by atoms with Gasteiger partial charge in [-0.25, -0.2) is 0 Å². The number of nitrogens with two attached hydrogens (primary N) is 2. The van der Waals surface area contributed by atoms with E-state index in [0.717, 1.165) is 70.5 Å². The summed E-state index contributed by atoms with van der Waals surface area (Å²) in [6.07, 6.45) is 3.93. The number of pyridine rings is 2. The summed E-state index contributed by atoms with van der Waals surface area (Å²) in [6.45, 7) is 11.5. The summed E-state index contributed by atoms with van der Waals surface area (Å²) in [5, 5.41) is 20.9. The fraction of sp³-hybridized carbons (Fsp3) is 0.268. The number of nitrogen functional groups attached to an aromatic ring is 2. The van der Waals surface area contributed by atoms with E-state index in [0.29, 0.717) is 52.0 Å². The molecule has 2 aromatic heterocycles. The molecule has 0 aliphatic rings. The molecule has 0 saturated heterocycles. The minimum absolute atomic E-state index is 0.440. The summed E-state index contributed by atoms with van der Waals surface area (Å²) in [5.74, 6) is 1.33. The van der Waals surface area contributed by atoms with Gasteiger partial charge < -0.3 is 30.7 Å². The molecule has 0 aliphatic heterocycles. The number of hydrogen-bond donors (Lipinski definition) is 2. The van der Waals surface area contributed by atoms with Gasteiger partial charge in [0, 0.05) is 85.3 Å². The van der Waals surface area contributed by atoms with Crippen LogP contribution in [0.2, 0.25) is 0 Å². The van der Waals surface area contributed by atoms with Crippen LogP contribution in [0.4, 0.5) is 45.5 Å². The van der Waals surface area contributed by atoms with Crippen molar-refractivity contribution in [3.63, 3.8) is 0 Å². The van der Waals surface area contributed by atoms with Crippen LogP contribution in [0.15, 0.2) is 106 Å². The highest BCUT2D eigenvalue weighted by Gasteiger charge is 2.18. The molecule has 6 rings (SSSR count). The quantitative estimate of drug-likeness (QED) is 0.0837. The maximum atomic E-state index is 6.80. The number of benzene rings is 4. The second-order valence-corrected chi connectivity index (χ2v) is 12.4. The first-order chi connectivity index (χ1) is 25.8. The molecule has 2 heterocycles. The van der Waals surface area contributed by atoms with Crippen molar-refractivity contribution in [2.45, 2.75) is 34.1 Å². The summed E-state index contributed by atoms with van der Waals surface area (Å²) in [5.41, 5.74) is 22.5. The Labute approximate surface area is 310 Å². The first-order valence-electron chi connectivity index (χ1n) is 17.8. The second kappa shape index (κ2) is 16.4. The van der Waals surface area contributed by atoms with Gasteiger partial charge in [-0.2, -0.15) is 0 Å². The van der Waals surface area contributed by atoms with E-state index in [1.54, 1.807) is 26.6 Å². The number of nitrogens with zero attached hydrogens (tertiary/aromatic N) is 8. The summed E-state index contributed by atoms with van der Waals surface area (Å²) in [6, 6.07) is 23.2. The standard InChI is InChI=1S/C41H46N10O2/c1-7-50(8-2)39-24-32(42)27(19-36(39)47-46-35-22-30(53-6)21-34-31(35)14-12-15-44-34)17-28-20-37(40(25-33(28)43)51(9-3)10-4)48-49-38-23-29(52-5)18-26-13-11-16-45-41(26)38/h11-16,18-25H,7-10,17,42-43H2,1-6H3. The number of aromatic nitrogens is 2. The molecule has 0 aliphatic carbocycles. The Bertz CT molecular complexity index is 2140. The molecule has 272 valence electrons. The van der Waals surface area contributed by atoms with Gasteiger partial charge in [-0.1, -0.05) is 6.07 Å². The smallest absolute Gasteiger partial charge is 0.123 e. The molecular weight excluding hydrogens is 665 g/mol. The minimum atomic E-state index is 0.440. The van der Waals surface area contributed by atoms with Gasteiger partial charge >= 0.3 is 0 Å². The van der Waals surface area contributed by atoms with E-state index in [2.05, 4.69) is 47.5 Å². The molecule has 0 spiro atoms. The van der Waals surface area contributed by atoms with E-state index < -0.39 is 0 Å². The van der Waals surface area contributed by atoms with Gasteiger partial charge in [0.2, 0.25) is 0 Å². The molecule has 0 unspecified atom stereocenters. The molecule has 0 bridgehead atoms. The zero-order valence-corrected chi connectivity index (χ0v) is 31.2. The fourth-order valence-electron chi connectivity index (χ4n) is 6.47. The van der Waals surface area contributed by atoms with Crippen LogP contribution in [0.5, 0.6) is 11.5 Å². The van der Waals surface area contributed by atoms with Crippen molar-refractivity contribution in [3.05, 3.63) is 96.3 Å². The molecule has 12 heteroatoms. The Morgan fingerprint density at radius 2 is 1.09 bits per heavy atom. The minimum Gasteiger partial charge on any atom is -0.497 e. The van der Waals surface area contributed by atoms with E-state index in [1.807, 2.05) is 72.8 Å². The van der Waals surface area contributed by atoms with E-state index in [9.17, 15) is 0 Å². The van der Waals surface area contributed by atoms with Crippen LogP contribution in [-0.2, 0) is 6.42 Å². The summed E-state index contributed by atoms with van der Waals surface area (Å²) in [7, 11) is 3.26. The maximum Gasteiger partial charge on any atom is 0.123 e. The Morgan fingerprint density at radius 1 is 0.585 bits per heavy atom. The van der Waals surface area contributed by atoms with E-state index in [1.165, 1.54) is 0 Å². The normalized spacial score (nSPS) is 11.6. The van der Waals surface area contributed by atoms with Crippen LogP contribution in [0.25, 0.3) is 21.8 Å². The summed E-state index contributed by atoms with van der Waals surface area (Å²) in [4.78, 5) is 13.5. The molecule has 0 atom stereocenters. The third-order valence-corrected chi connectivity index (χ3v) is 9.40. The van der Waals surface area contributed by atoms with Gasteiger partial charge in [-0.05, 0) is 87.4 Å². The Balaban J connectivity index is 1.44. The Hall–Kier alpha value is -6.30. The Morgan fingerprint density at radius 3 is 1.68 bits per heavy atom. The van der Waals surface area contributed by atoms with Crippen LogP contribution in [0, 0.1) is 0 Å². The van der Waals surface area contributed by atoms with E-state index in [-0.39, 0.29) is 0 Å². The topological polar surface area (TPSA) is 152 Å². The van der Waals surface area contributed by atoms with Crippen LogP contribution in [0.3, 0.4) is 0 Å². The first-order valence-corrected chi connectivity index (χ1v) is 17.8. The largest absolute Gasteiger partial charge is 0.497 e. The molecule has 6 aromatic rings. The lowest BCUT2D eigenvalue weighted by molar-refractivity contribution is 0.415. The van der Waals surface area contributed by atoms with Gasteiger partial charge in [-0.15, -0.1) is 20.5 Å². The molecule has 12 nitrogen and oxygen atoms in total. The number of anilines is 4. The van der Waals surface area contributed by atoms with E-state index in [4.69, 9.17) is 41.4 Å². The molecular formula is C41H46N10O2. The van der Waals surface area contributed by atoms with Gasteiger partial charge in [0.25, 0.3) is 0 Å². The number of hydrogen-bond acceptors (Lipinski definition) is 12. The highest BCUT2D eigenvalue weighted by Crippen LogP contribution is 2.41. The average molecular weight is 711 g/mol. The van der Waals surface area contributed by atoms with Crippen LogP contribution in [-0.4, -0.2) is 50.4 Å². The average Bonchev–Trinajstić information content (AvgIpc) is 3.19. The van der Waals surface area contributed by atoms with Gasteiger partial charge in [-0.3, -0.25) is 9.97 Å². The number of fused-ring (bicyclic) bond motifs is 2. The van der Waals surface area contributed by atoms with Crippen molar-refractivity contribution < 1.29 is 9.47 Å². The Kier molecular flexibility index (Phi) is 11.3. The van der Waals surface area contributed by atoms with Crippen molar-refractivity contribution in [1.29, 1.82) is 0 Å². The lowest BCUT2D eigenvalue weighted by Gasteiger charge is -2.25. The predicted octanol–water partition coefficient (Wildman–Crippen LogP) is 10.1. The summed E-state index contributed by atoms with van der Waals surface area (Å²) >= 11 is 0.